The van der Waals surface area contributed by atoms with Crippen molar-refractivity contribution in [2.75, 3.05) is 0 Å². The summed E-state index contributed by atoms with van der Waals surface area (Å²) in [7, 11) is 0. The molecule has 0 radical (unpaired) electrons. The van der Waals surface area contributed by atoms with Gasteiger partial charge in [-0.05, 0) is 19.9 Å². The fourth-order valence-corrected chi connectivity index (χ4v) is 1.65. The van der Waals surface area contributed by atoms with Crippen molar-refractivity contribution in [1.82, 2.24) is 0 Å². The predicted octanol–water partition coefficient (Wildman–Crippen LogP) is 1.96. The third-order valence-corrected chi connectivity index (χ3v) is 2.59. The Labute approximate surface area is 91.0 Å². The van der Waals surface area contributed by atoms with E-state index in [1.165, 1.54) is 19.9 Å². The molecule has 6 heteroatoms. The zero-order valence-corrected chi connectivity index (χ0v) is 8.96. The molecule has 15 heavy (non-hydrogen) atoms. The minimum Gasteiger partial charge on any atom is -0.366 e. The van der Waals surface area contributed by atoms with Crippen LogP contribution < -0.4 is 5.73 Å². The van der Waals surface area contributed by atoms with Crippen LogP contribution in [0.2, 0.25) is 5.02 Å². The number of nitro groups is 1. The summed E-state index contributed by atoms with van der Waals surface area (Å²) in [5, 5.41) is 10.7. The SMILES string of the molecule is Cc1cc(C(N)=O)c(Cl)c(C)c1[N+](=O)[O-]. The number of benzene rings is 1. The number of hydrogen-bond acceptors (Lipinski definition) is 3. The molecular formula is C9H9ClN2O3. The van der Waals surface area contributed by atoms with E-state index in [4.69, 9.17) is 17.3 Å². The number of carbonyl (C=O) groups excluding carboxylic acids is 1. The van der Waals surface area contributed by atoms with Crippen LogP contribution >= 0.6 is 11.6 Å². The Morgan fingerprint density at radius 1 is 1.53 bits per heavy atom. The van der Waals surface area contributed by atoms with Crippen LogP contribution in [0.5, 0.6) is 0 Å². The normalized spacial score (nSPS) is 10.1. The number of hydrogen-bond donors (Lipinski definition) is 1. The van der Waals surface area contributed by atoms with E-state index in [0.717, 1.165) is 0 Å². The molecule has 5 nitrogen and oxygen atoms in total. The zero-order valence-electron chi connectivity index (χ0n) is 8.20. The minimum atomic E-state index is -0.693. The smallest absolute Gasteiger partial charge is 0.276 e. The fourth-order valence-electron chi connectivity index (χ4n) is 1.41. The summed E-state index contributed by atoms with van der Waals surface area (Å²) in [6.07, 6.45) is 0. The molecule has 0 saturated carbocycles. The van der Waals surface area contributed by atoms with Gasteiger partial charge in [0.05, 0.1) is 15.5 Å². The summed E-state index contributed by atoms with van der Waals surface area (Å²) in [6.45, 7) is 3.02. The van der Waals surface area contributed by atoms with Gasteiger partial charge in [-0.1, -0.05) is 11.6 Å². The van der Waals surface area contributed by atoms with Crippen LogP contribution in [0.4, 0.5) is 5.69 Å². The third kappa shape index (κ3) is 1.92. The van der Waals surface area contributed by atoms with Crippen LogP contribution in [0.15, 0.2) is 6.07 Å². The number of halogens is 1. The molecular weight excluding hydrogens is 220 g/mol. The highest BCUT2D eigenvalue weighted by Gasteiger charge is 2.21. The highest BCUT2D eigenvalue weighted by Crippen LogP contribution is 2.31. The Morgan fingerprint density at radius 2 is 2.07 bits per heavy atom. The van der Waals surface area contributed by atoms with E-state index in [1.807, 2.05) is 0 Å². The zero-order chi connectivity index (χ0) is 11.7. The Balaban J connectivity index is 3.58. The largest absolute Gasteiger partial charge is 0.366 e. The number of nitro benzene ring substituents is 1. The molecule has 0 saturated heterocycles. The van der Waals surface area contributed by atoms with E-state index >= 15 is 0 Å². The third-order valence-electron chi connectivity index (χ3n) is 2.10. The highest BCUT2D eigenvalue weighted by atomic mass is 35.5. The van der Waals surface area contributed by atoms with Gasteiger partial charge in [-0.3, -0.25) is 14.9 Å². The lowest BCUT2D eigenvalue weighted by Gasteiger charge is -2.07. The molecule has 2 N–H and O–H groups in total. The van der Waals surface area contributed by atoms with Crippen molar-refractivity contribution in [3.63, 3.8) is 0 Å². The lowest BCUT2D eigenvalue weighted by Crippen LogP contribution is -2.13. The fraction of sp³-hybridized carbons (Fsp3) is 0.222. The van der Waals surface area contributed by atoms with Crippen molar-refractivity contribution in [3.05, 3.63) is 37.9 Å². The monoisotopic (exact) mass is 228 g/mol. The molecule has 80 valence electrons. The number of nitrogens with two attached hydrogens (primary N) is 1. The Hall–Kier alpha value is -1.62. The van der Waals surface area contributed by atoms with Crippen LogP contribution in [-0.4, -0.2) is 10.8 Å². The summed E-state index contributed by atoms with van der Waals surface area (Å²) in [6, 6.07) is 1.33. The average molecular weight is 229 g/mol. The van der Waals surface area contributed by atoms with E-state index < -0.39 is 10.8 Å². The van der Waals surface area contributed by atoms with Crippen molar-refractivity contribution in [1.29, 1.82) is 0 Å². The molecule has 0 heterocycles. The molecule has 0 atom stereocenters. The second-order valence-electron chi connectivity index (χ2n) is 3.15. The predicted molar refractivity (Wildman–Crippen MR) is 56.1 cm³/mol. The van der Waals surface area contributed by atoms with Gasteiger partial charge in [0.25, 0.3) is 5.69 Å². The van der Waals surface area contributed by atoms with Gasteiger partial charge in [0.15, 0.2) is 0 Å². The molecule has 0 fully saturated rings. The van der Waals surface area contributed by atoms with Crippen LogP contribution in [0.25, 0.3) is 0 Å². The van der Waals surface area contributed by atoms with Gasteiger partial charge in [-0.15, -0.1) is 0 Å². The first-order valence-electron chi connectivity index (χ1n) is 4.10. The summed E-state index contributed by atoms with van der Waals surface area (Å²) in [5.41, 5.74) is 5.75. The van der Waals surface area contributed by atoms with E-state index in [1.54, 1.807) is 0 Å². The lowest BCUT2D eigenvalue weighted by molar-refractivity contribution is -0.386. The molecule has 0 aromatic heterocycles. The van der Waals surface area contributed by atoms with Gasteiger partial charge in [-0.2, -0.15) is 0 Å². The molecule has 0 aliphatic rings. The molecule has 0 bridgehead atoms. The van der Waals surface area contributed by atoms with Crippen molar-refractivity contribution < 1.29 is 9.72 Å². The van der Waals surface area contributed by atoms with Crippen molar-refractivity contribution >= 4 is 23.2 Å². The van der Waals surface area contributed by atoms with Crippen molar-refractivity contribution in [3.8, 4) is 0 Å². The van der Waals surface area contributed by atoms with Gasteiger partial charge >= 0.3 is 0 Å². The van der Waals surface area contributed by atoms with Crippen LogP contribution in [-0.2, 0) is 0 Å². The molecule has 0 unspecified atom stereocenters. The molecule has 1 rings (SSSR count). The quantitative estimate of drug-likeness (QED) is 0.620. The number of aryl methyl sites for hydroxylation is 1. The highest BCUT2D eigenvalue weighted by molar-refractivity contribution is 6.34. The van der Waals surface area contributed by atoms with Crippen LogP contribution in [0.1, 0.15) is 21.5 Å². The second kappa shape index (κ2) is 3.86. The molecule has 1 aromatic rings. The number of nitrogens with zero attached hydrogens (tertiary/aromatic N) is 1. The summed E-state index contributed by atoms with van der Waals surface area (Å²) >= 11 is 5.80. The molecule has 0 spiro atoms. The Kier molecular flexibility index (Phi) is 2.95. The standard InChI is InChI=1S/C9H9ClN2O3/c1-4-3-6(9(11)13)7(10)5(2)8(4)12(14)15/h3H,1-2H3,(H2,11,13). The molecule has 0 aliphatic carbocycles. The van der Waals surface area contributed by atoms with Gasteiger partial charge < -0.3 is 5.73 Å². The Bertz CT molecular complexity index is 457. The first-order chi connectivity index (χ1) is 6.86. The first kappa shape index (κ1) is 11.5. The minimum absolute atomic E-state index is 0.0415. The van der Waals surface area contributed by atoms with Gasteiger partial charge in [-0.25, -0.2) is 0 Å². The van der Waals surface area contributed by atoms with E-state index in [-0.39, 0.29) is 21.8 Å². The van der Waals surface area contributed by atoms with E-state index in [0.29, 0.717) is 5.56 Å². The van der Waals surface area contributed by atoms with Crippen molar-refractivity contribution in [2.24, 2.45) is 5.73 Å². The first-order valence-corrected chi connectivity index (χ1v) is 4.48. The summed E-state index contributed by atoms with van der Waals surface area (Å²) in [4.78, 5) is 21.2. The maximum absolute atomic E-state index is 11.0. The summed E-state index contributed by atoms with van der Waals surface area (Å²) < 4.78 is 0. The van der Waals surface area contributed by atoms with Crippen LogP contribution in [0.3, 0.4) is 0 Å². The molecule has 1 amide bonds. The Morgan fingerprint density at radius 3 is 2.47 bits per heavy atom. The number of amides is 1. The lowest BCUT2D eigenvalue weighted by atomic mass is 10.0. The van der Waals surface area contributed by atoms with E-state index in [9.17, 15) is 14.9 Å². The molecule has 0 aliphatic heterocycles. The maximum atomic E-state index is 11.0. The number of rotatable bonds is 2. The van der Waals surface area contributed by atoms with Gasteiger partial charge in [0, 0.05) is 11.1 Å². The molecule has 1 aromatic carbocycles. The van der Waals surface area contributed by atoms with Gasteiger partial charge in [0.2, 0.25) is 5.91 Å². The average Bonchev–Trinajstić information content (AvgIpc) is 2.10. The summed E-state index contributed by atoms with van der Waals surface area (Å²) in [5.74, 6) is -0.693. The topological polar surface area (TPSA) is 86.2 Å². The number of carbonyl (C=O) groups is 1. The second-order valence-corrected chi connectivity index (χ2v) is 3.53. The van der Waals surface area contributed by atoms with E-state index in [2.05, 4.69) is 0 Å². The van der Waals surface area contributed by atoms with Gasteiger partial charge in [0.1, 0.15) is 0 Å². The van der Waals surface area contributed by atoms with Crippen molar-refractivity contribution in [2.45, 2.75) is 13.8 Å². The van der Waals surface area contributed by atoms with Crippen LogP contribution in [0, 0.1) is 24.0 Å². The number of primary amides is 1. The maximum Gasteiger partial charge on any atom is 0.276 e.